The predicted molar refractivity (Wildman–Crippen MR) is 162 cm³/mol. The number of aliphatic carboxylic acids is 1. The summed E-state index contributed by atoms with van der Waals surface area (Å²) in [7, 11) is 0. The number of carbonyl (C=O) groups excluding carboxylic acids is 1. The van der Waals surface area contributed by atoms with Crippen molar-refractivity contribution in [3.63, 3.8) is 0 Å². The molecular weight excluding hydrogens is 538 g/mol. The molecule has 5 aromatic rings. The molecule has 1 amide bonds. The summed E-state index contributed by atoms with van der Waals surface area (Å²) in [5.74, 6) is 0.129. The molecule has 2 N–H and O–H groups in total. The Bertz CT molecular complexity index is 1790. The summed E-state index contributed by atoms with van der Waals surface area (Å²) in [6.45, 7) is 5.65. The SMILES string of the molecule is Cc1oc2c(C)c3oc(=O)c(CCC(=O)NC(CSCc4ccccc4)C(=O)O)c(C)c3cc2c1-c1ccccc1. The number of nitrogens with one attached hydrogen (secondary N) is 1. The van der Waals surface area contributed by atoms with Crippen molar-refractivity contribution in [2.75, 3.05) is 5.75 Å². The lowest BCUT2D eigenvalue weighted by molar-refractivity contribution is -0.141. The molecule has 8 heteroatoms. The van der Waals surface area contributed by atoms with Gasteiger partial charge < -0.3 is 19.3 Å². The second-order valence-electron chi connectivity index (χ2n) is 10.1. The lowest BCUT2D eigenvalue weighted by Gasteiger charge is -2.15. The second kappa shape index (κ2) is 12.1. The average Bonchev–Trinajstić information content (AvgIpc) is 3.30. The van der Waals surface area contributed by atoms with Gasteiger partial charge in [-0.1, -0.05) is 60.7 Å². The van der Waals surface area contributed by atoms with Gasteiger partial charge in [0.05, 0.1) is 0 Å². The fourth-order valence-corrected chi connectivity index (χ4v) is 6.18. The maximum Gasteiger partial charge on any atom is 0.339 e. The van der Waals surface area contributed by atoms with Gasteiger partial charge in [0.15, 0.2) is 0 Å². The number of furan rings is 1. The molecule has 0 saturated carbocycles. The molecule has 3 aromatic carbocycles. The standard InChI is InChI=1S/C33H31NO6S/c1-19-24(14-15-28(35)34-27(32(36)37)18-41-17-22-10-6-4-7-11-22)33(38)40-30-20(2)31-26(16-25(19)30)29(21(3)39-31)23-12-8-5-9-13-23/h4-13,16,27H,14-15,17-18H2,1-3H3,(H,34,35)(H,36,37). The van der Waals surface area contributed by atoms with E-state index in [1.807, 2.05) is 87.5 Å². The topological polar surface area (TPSA) is 110 Å². The zero-order valence-electron chi connectivity index (χ0n) is 23.2. The molecule has 5 rings (SSSR count). The fourth-order valence-electron chi connectivity index (χ4n) is 5.18. The van der Waals surface area contributed by atoms with Crippen LogP contribution < -0.4 is 10.9 Å². The number of carboxylic acid groups (broad SMARTS) is 1. The van der Waals surface area contributed by atoms with Crippen molar-refractivity contribution >= 4 is 45.6 Å². The van der Waals surface area contributed by atoms with E-state index in [0.29, 0.717) is 22.5 Å². The molecule has 0 bridgehead atoms. The maximum absolute atomic E-state index is 13.0. The minimum atomic E-state index is -1.09. The summed E-state index contributed by atoms with van der Waals surface area (Å²) < 4.78 is 11.9. The Morgan fingerprint density at radius 3 is 2.24 bits per heavy atom. The van der Waals surface area contributed by atoms with Gasteiger partial charge in [0.25, 0.3) is 0 Å². The number of hydrogen-bond acceptors (Lipinski definition) is 6. The highest BCUT2D eigenvalue weighted by Crippen LogP contribution is 2.39. The molecule has 2 heterocycles. The molecule has 0 aliphatic carbocycles. The molecule has 2 aromatic heterocycles. The number of benzene rings is 3. The van der Waals surface area contributed by atoms with Crippen molar-refractivity contribution in [1.82, 2.24) is 5.32 Å². The monoisotopic (exact) mass is 569 g/mol. The molecule has 0 fully saturated rings. The van der Waals surface area contributed by atoms with E-state index in [9.17, 15) is 19.5 Å². The van der Waals surface area contributed by atoms with Crippen molar-refractivity contribution in [2.24, 2.45) is 0 Å². The number of aryl methyl sites for hydroxylation is 3. The van der Waals surface area contributed by atoms with Gasteiger partial charge >= 0.3 is 11.6 Å². The first-order valence-electron chi connectivity index (χ1n) is 13.4. The van der Waals surface area contributed by atoms with Crippen molar-refractivity contribution in [3.05, 3.63) is 105 Å². The zero-order valence-corrected chi connectivity index (χ0v) is 24.0. The first-order valence-corrected chi connectivity index (χ1v) is 14.6. The lowest BCUT2D eigenvalue weighted by Crippen LogP contribution is -2.42. The van der Waals surface area contributed by atoms with Crippen LogP contribution in [0.4, 0.5) is 0 Å². The van der Waals surface area contributed by atoms with Crippen LogP contribution in [0.25, 0.3) is 33.1 Å². The molecule has 1 unspecified atom stereocenters. The highest BCUT2D eigenvalue weighted by atomic mass is 32.2. The number of hydrogen-bond donors (Lipinski definition) is 2. The van der Waals surface area contributed by atoms with Crippen molar-refractivity contribution in [2.45, 2.75) is 45.4 Å². The summed E-state index contributed by atoms with van der Waals surface area (Å²) in [5, 5.41) is 13.9. The van der Waals surface area contributed by atoms with E-state index in [4.69, 9.17) is 8.83 Å². The van der Waals surface area contributed by atoms with Crippen LogP contribution in [0.5, 0.6) is 0 Å². The van der Waals surface area contributed by atoms with Crippen molar-refractivity contribution < 1.29 is 23.5 Å². The van der Waals surface area contributed by atoms with E-state index in [-0.39, 0.29) is 18.6 Å². The van der Waals surface area contributed by atoms with Gasteiger partial charge in [-0.3, -0.25) is 4.79 Å². The Hall–Kier alpha value is -4.30. The van der Waals surface area contributed by atoms with Crippen molar-refractivity contribution in [1.29, 1.82) is 0 Å². The van der Waals surface area contributed by atoms with Gasteiger partial charge in [-0.05, 0) is 49.9 Å². The van der Waals surface area contributed by atoms with Crippen LogP contribution >= 0.6 is 11.8 Å². The van der Waals surface area contributed by atoms with Crippen LogP contribution in [-0.4, -0.2) is 28.8 Å². The van der Waals surface area contributed by atoms with Crippen molar-refractivity contribution in [3.8, 4) is 11.1 Å². The first-order chi connectivity index (χ1) is 19.7. The Balaban J connectivity index is 1.36. The second-order valence-corrected chi connectivity index (χ2v) is 11.1. The third-order valence-electron chi connectivity index (χ3n) is 7.33. The Kier molecular flexibility index (Phi) is 8.31. The first kappa shape index (κ1) is 28.2. The van der Waals surface area contributed by atoms with E-state index in [2.05, 4.69) is 5.32 Å². The number of thioether (sulfide) groups is 1. The number of amides is 1. The zero-order chi connectivity index (χ0) is 29.1. The number of rotatable bonds is 10. The van der Waals surface area contributed by atoms with Crippen LogP contribution in [0.1, 0.15) is 34.4 Å². The average molecular weight is 570 g/mol. The quantitative estimate of drug-likeness (QED) is 0.183. The molecule has 0 aliphatic rings. The fraction of sp³-hybridized carbons (Fsp3) is 0.242. The molecule has 210 valence electrons. The molecule has 0 radical (unpaired) electrons. The van der Waals surface area contributed by atoms with Crippen LogP contribution in [0, 0.1) is 20.8 Å². The largest absolute Gasteiger partial charge is 0.480 e. The number of fused-ring (bicyclic) bond motifs is 2. The molecule has 0 spiro atoms. The molecule has 7 nitrogen and oxygen atoms in total. The number of carboxylic acids is 1. The minimum absolute atomic E-state index is 0.0362. The Labute approximate surface area is 241 Å². The van der Waals surface area contributed by atoms with E-state index in [1.165, 1.54) is 11.8 Å². The van der Waals surface area contributed by atoms with Crippen LogP contribution in [0.15, 0.2) is 80.4 Å². The van der Waals surface area contributed by atoms with E-state index in [0.717, 1.165) is 44.3 Å². The lowest BCUT2D eigenvalue weighted by atomic mass is 9.96. The van der Waals surface area contributed by atoms with Gasteiger partial charge in [0.2, 0.25) is 5.91 Å². The molecule has 0 saturated heterocycles. The highest BCUT2D eigenvalue weighted by Gasteiger charge is 2.23. The van der Waals surface area contributed by atoms with Gasteiger partial charge in [0.1, 0.15) is 23.0 Å². The smallest absolute Gasteiger partial charge is 0.339 e. The summed E-state index contributed by atoms with van der Waals surface area (Å²) in [5.41, 5.74) is 5.61. The molecule has 1 atom stereocenters. The molecule has 41 heavy (non-hydrogen) atoms. The Morgan fingerprint density at radius 2 is 1.56 bits per heavy atom. The Morgan fingerprint density at radius 1 is 0.902 bits per heavy atom. The highest BCUT2D eigenvalue weighted by molar-refractivity contribution is 7.98. The van der Waals surface area contributed by atoms with Gasteiger partial charge in [-0.15, -0.1) is 0 Å². The van der Waals surface area contributed by atoms with E-state index < -0.39 is 23.5 Å². The van der Waals surface area contributed by atoms with E-state index >= 15 is 0 Å². The van der Waals surface area contributed by atoms with E-state index in [1.54, 1.807) is 0 Å². The number of carbonyl (C=O) groups is 2. The third-order valence-corrected chi connectivity index (χ3v) is 8.43. The van der Waals surface area contributed by atoms with Gasteiger partial charge in [0, 0.05) is 45.4 Å². The summed E-state index contributed by atoms with van der Waals surface area (Å²) in [6.07, 6.45) is 0.0953. The molecular formula is C33H31NO6S. The minimum Gasteiger partial charge on any atom is -0.480 e. The van der Waals surface area contributed by atoms with Crippen LogP contribution in [0.3, 0.4) is 0 Å². The maximum atomic E-state index is 13.0. The summed E-state index contributed by atoms with van der Waals surface area (Å²) >= 11 is 1.44. The summed E-state index contributed by atoms with van der Waals surface area (Å²) in [4.78, 5) is 37.6. The summed E-state index contributed by atoms with van der Waals surface area (Å²) in [6, 6.07) is 20.7. The third kappa shape index (κ3) is 5.93. The van der Waals surface area contributed by atoms with Crippen LogP contribution in [0.2, 0.25) is 0 Å². The predicted octanol–water partition coefficient (Wildman–Crippen LogP) is 6.57. The van der Waals surface area contributed by atoms with Gasteiger partial charge in [-0.25, -0.2) is 9.59 Å². The van der Waals surface area contributed by atoms with Crippen LogP contribution in [-0.2, 0) is 21.8 Å². The normalized spacial score (nSPS) is 12.1. The van der Waals surface area contributed by atoms with Gasteiger partial charge in [-0.2, -0.15) is 11.8 Å². The molecule has 0 aliphatic heterocycles.